The summed E-state index contributed by atoms with van der Waals surface area (Å²) in [5.41, 5.74) is 8.54. The second kappa shape index (κ2) is 5.05. The number of thioether (sulfide) groups is 1. The number of non-ortho nitro benzene ring substituents is 1. The first-order chi connectivity index (χ1) is 8.56. The number of nitrogens with one attached hydrogen (secondary N) is 1. The molecule has 0 saturated heterocycles. The van der Waals surface area contributed by atoms with Crippen molar-refractivity contribution in [2.45, 2.75) is 11.7 Å². The highest BCUT2D eigenvalue weighted by Crippen LogP contribution is 2.21. The molecule has 18 heavy (non-hydrogen) atoms. The number of hydrogen-bond donors (Lipinski definition) is 2. The normalized spacial score (nSPS) is 19.0. The van der Waals surface area contributed by atoms with Gasteiger partial charge in [0.1, 0.15) is 0 Å². The Labute approximate surface area is 107 Å². The summed E-state index contributed by atoms with van der Waals surface area (Å²) in [7, 11) is 0. The molecule has 1 aromatic carbocycles. The third-order valence-corrected chi connectivity index (χ3v) is 3.37. The van der Waals surface area contributed by atoms with Crippen molar-refractivity contribution < 1.29 is 9.72 Å². The first-order valence-electron chi connectivity index (χ1n) is 5.09. The summed E-state index contributed by atoms with van der Waals surface area (Å²) >= 11 is 1.15. The van der Waals surface area contributed by atoms with Gasteiger partial charge in [-0.15, -0.1) is 5.10 Å². The number of rotatable bonds is 3. The fraction of sp³-hybridized carbons (Fsp3) is 0.200. The second-order valence-electron chi connectivity index (χ2n) is 3.66. The molecule has 1 aliphatic heterocycles. The Morgan fingerprint density at radius 3 is 3.06 bits per heavy atom. The number of amides is 1. The Balaban J connectivity index is 2.14. The average Bonchev–Trinajstić information content (AvgIpc) is 2.34. The first kappa shape index (κ1) is 12.4. The van der Waals surface area contributed by atoms with Crippen molar-refractivity contribution in [3.63, 3.8) is 0 Å². The molecule has 0 unspecified atom stereocenters. The van der Waals surface area contributed by atoms with Crippen LogP contribution in [0.3, 0.4) is 0 Å². The van der Waals surface area contributed by atoms with Crippen LogP contribution >= 0.6 is 11.8 Å². The maximum atomic E-state index is 11.5. The molecule has 1 atom stereocenters. The van der Waals surface area contributed by atoms with Crippen molar-refractivity contribution in [1.29, 1.82) is 0 Å². The van der Waals surface area contributed by atoms with Crippen LogP contribution in [-0.2, 0) is 11.2 Å². The molecule has 1 heterocycles. The SMILES string of the molecule is NC1=NNC(=O)[C@@H](Cc2cccc([N+](=O)[O-])c2)S1. The van der Waals surface area contributed by atoms with E-state index in [1.807, 2.05) is 0 Å². The van der Waals surface area contributed by atoms with Crippen LogP contribution in [0.25, 0.3) is 0 Å². The van der Waals surface area contributed by atoms with Gasteiger partial charge in [-0.2, -0.15) is 0 Å². The van der Waals surface area contributed by atoms with Gasteiger partial charge in [0, 0.05) is 12.1 Å². The highest BCUT2D eigenvalue weighted by Gasteiger charge is 2.25. The van der Waals surface area contributed by atoms with Crippen LogP contribution in [0.1, 0.15) is 5.56 Å². The van der Waals surface area contributed by atoms with E-state index in [1.165, 1.54) is 12.1 Å². The second-order valence-corrected chi connectivity index (χ2v) is 4.89. The zero-order valence-corrected chi connectivity index (χ0v) is 10.0. The van der Waals surface area contributed by atoms with E-state index in [2.05, 4.69) is 10.5 Å². The minimum absolute atomic E-state index is 0.00959. The molecule has 0 saturated carbocycles. The number of nitro benzene ring substituents is 1. The Morgan fingerprint density at radius 2 is 2.33 bits per heavy atom. The lowest BCUT2D eigenvalue weighted by Crippen LogP contribution is -2.38. The molecule has 1 amide bonds. The molecule has 1 aliphatic rings. The zero-order chi connectivity index (χ0) is 13.1. The Hall–Kier alpha value is -2.09. The van der Waals surface area contributed by atoms with Crippen molar-refractivity contribution in [1.82, 2.24) is 5.43 Å². The molecule has 7 nitrogen and oxygen atoms in total. The van der Waals surface area contributed by atoms with E-state index in [0.717, 1.165) is 11.8 Å². The maximum Gasteiger partial charge on any atom is 0.269 e. The van der Waals surface area contributed by atoms with Gasteiger partial charge in [0.2, 0.25) is 0 Å². The number of benzene rings is 1. The molecule has 8 heteroatoms. The van der Waals surface area contributed by atoms with Gasteiger partial charge in [0.15, 0.2) is 5.17 Å². The Kier molecular flexibility index (Phi) is 3.47. The summed E-state index contributed by atoms with van der Waals surface area (Å²) in [5.74, 6) is -0.249. The number of nitrogens with zero attached hydrogens (tertiary/aromatic N) is 2. The van der Waals surface area contributed by atoms with Crippen molar-refractivity contribution in [2.75, 3.05) is 0 Å². The lowest BCUT2D eigenvalue weighted by atomic mass is 10.1. The predicted octanol–water partition coefficient (Wildman–Crippen LogP) is 0.599. The molecule has 0 spiro atoms. The minimum atomic E-state index is -0.465. The first-order valence-corrected chi connectivity index (χ1v) is 5.97. The summed E-state index contributed by atoms with van der Waals surface area (Å²) in [4.78, 5) is 21.7. The summed E-state index contributed by atoms with van der Waals surface area (Å²) in [6.07, 6.45) is 0.369. The van der Waals surface area contributed by atoms with Crippen LogP contribution in [0.5, 0.6) is 0 Å². The molecular formula is C10H10N4O3S. The number of hydrazone groups is 1. The van der Waals surface area contributed by atoms with Crippen molar-refractivity contribution >= 4 is 28.5 Å². The summed E-state index contributed by atoms with van der Waals surface area (Å²) in [5, 5.41) is 14.1. The molecule has 3 N–H and O–H groups in total. The van der Waals surface area contributed by atoms with E-state index in [4.69, 9.17) is 5.73 Å². The predicted molar refractivity (Wildman–Crippen MR) is 67.9 cm³/mol. The number of amidine groups is 1. The highest BCUT2D eigenvalue weighted by molar-refractivity contribution is 8.15. The standard InChI is InChI=1S/C10H10N4O3S/c11-10-13-12-9(15)8(18-10)5-6-2-1-3-7(4-6)14(16)17/h1-4,8H,5H2,(H2,11,13)(H,12,15)/t8-/m1/s1. The van der Waals surface area contributed by atoms with Crippen LogP contribution in [0.4, 0.5) is 5.69 Å². The van der Waals surface area contributed by atoms with Gasteiger partial charge >= 0.3 is 0 Å². The fourth-order valence-corrected chi connectivity index (χ4v) is 2.38. The van der Waals surface area contributed by atoms with Crippen molar-refractivity contribution in [3.05, 3.63) is 39.9 Å². The molecule has 0 fully saturated rings. The van der Waals surface area contributed by atoms with E-state index in [1.54, 1.807) is 12.1 Å². The van der Waals surface area contributed by atoms with E-state index in [9.17, 15) is 14.9 Å². The van der Waals surface area contributed by atoms with Gasteiger partial charge < -0.3 is 5.73 Å². The van der Waals surface area contributed by atoms with E-state index >= 15 is 0 Å². The number of carbonyl (C=O) groups is 1. The fourth-order valence-electron chi connectivity index (χ4n) is 1.55. The monoisotopic (exact) mass is 266 g/mol. The molecular weight excluding hydrogens is 256 g/mol. The molecule has 0 aliphatic carbocycles. The van der Waals surface area contributed by atoms with Crippen molar-refractivity contribution in [2.24, 2.45) is 10.8 Å². The molecule has 2 rings (SSSR count). The number of carbonyl (C=O) groups excluding carboxylic acids is 1. The maximum absolute atomic E-state index is 11.5. The van der Waals surface area contributed by atoms with Crippen LogP contribution < -0.4 is 11.2 Å². The minimum Gasteiger partial charge on any atom is -0.377 e. The third-order valence-electron chi connectivity index (χ3n) is 2.37. The molecule has 0 radical (unpaired) electrons. The van der Waals surface area contributed by atoms with Gasteiger partial charge in [-0.05, 0) is 12.0 Å². The Bertz CT molecular complexity index is 532. The average molecular weight is 266 g/mol. The lowest BCUT2D eigenvalue weighted by molar-refractivity contribution is -0.384. The molecule has 0 bridgehead atoms. The molecule has 94 valence electrons. The van der Waals surface area contributed by atoms with E-state index < -0.39 is 10.2 Å². The molecule has 0 aromatic heterocycles. The van der Waals surface area contributed by atoms with Gasteiger partial charge in [0.05, 0.1) is 10.2 Å². The third kappa shape index (κ3) is 2.77. The van der Waals surface area contributed by atoms with Crippen LogP contribution in [0, 0.1) is 10.1 Å². The molecule has 1 aromatic rings. The summed E-state index contributed by atoms with van der Waals surface area (Å²) in [6, 6.07) is 6.20. The van der Waals surface area contributed by atoms with Gasteiger partial charge in [-0.1, -0.05) is 23.9 Å². The van der Waals surface area contributed by atoms with Gasteiger partial charge in [0.25, 0.3) is 11.6 Å². The van der Waals surface area contributed by atoms with E-state index in [0.29, 0.717) is 12.0 Å². The smallest absolute Gasteiger partial charge is 0.269 e. The Morgan fingerprint density at radius 1 is 1.56 bits per heavy atom. The largest absolute Gasteiger partial charge is 0.377 e. The van der Waals surface area contributed by atoms with E-state index in [-0.39, 0.29) is 16.8 Å². The number of nitro groups is 1. The van der Waals surface area contributed by atoms with Crippen molar-refractivity contribution in [3.8, 4) is 0 Å². The van der Waals surface area contributed by atoms with Gasteiger partial charge in [-0.3, -0.25) is 14.9 Å². The topological polar surface area (TPSA) is 111 Å². The van der Waals surface area contributed by atoms with Crippen LogP contribution in [0.2, 0.25) is 0 Å². The number of nitrogens with two attached hydrogens (primary N) is 1. The summed E-state index contributed by atoms with van der Waals surface area (Å²) in [6.45, 7) is 0. The highest BCUT2D eigenvalue weighted by atomic mass is 32.2. The quantitative estimate of drug-likeness (QED) is 0.614. The van der Waals surface area contributed by atoms with Crippen LogP contribution in [-0.4, -0.2) is 21.2 Å². The summed E-state index contributed by atoms with van der Waals surface area (Å²) < 4.78 is 0. The van der Waals surface area contributed by atoms with Crippen LogP contribution in [0.15, 0.2) is 29.4 Å². The number of hydrogen-bond acceptors (Lipinski definition) is 6. The van der Waals surface area contributed by atoms with Gasteiger partial charge in [-0.25, -0.2) is 5.43 Å². The lowest BCUT2D eigenvalue weighted by Gasteiger charge is -2.18. The zero-order valence-electron chi connectivity index (χ0n) is 9.20.